The number of anilines is 3. The van der Waals surface area contributed by atoms with Crippen LogP contribution < -0.4 is 21.3 Å². The summed E-state index contributed by atoms with van der Waals surface area (Å²) < 4.78 is 38.2. The fourth-order valence-corrected chi connectivity index (χ4v) is 3.36. The zero-order valence-electron chi connectivity index (χ0n) is 19.8. The van der Waals surface area contributed by atoms with Crippen LogP contribution in [0.1, 0.15) is 22.7 Å². The molecule has 8 nitrogen and oxygen atoms in total. The summed E-state index contributed by atoms with van der Waals surface area (Å²) >= 11 is 0. The summed E-state index contributed by atoms with van der Waals surface area (Å²) in [6.07, 6.45) is -0.898. The Bertz CT molecular complexity index is 1230. The van der Waals surface area contributed by atoms with Crippen molar-refractivity contribution in [3.8, 4) is 0 Å². The van der Waals surface area contributed by atoms with E-state index in [1.807, 2.05) is 18.2 Å². The van der Waals surface area contributed by atoms with Gasteiger partial charge in [0.15, 0.2) is 0 Å². The number of hydrogen-bond donors (Lipinski definition) is 5. The van der Waals surface area contributed by atoms with Crippen molar-refractivity contribution < 1.29 is 27.9 Å². The van der Waals surface area contributed by atoms with Crippen molar-refractivity contribution in [2.24, 2.45) is 0 Å². The van der Waals surface area contributed by atoms with E-state index in [4.69, 9.17) is 0 Å². The molecule has 1 aromatic heterocycles. The number of halogens is 3. The van der Waals surface area contributed by atoms with Crippen molar-refractivity contribution in [3.05, 3.63) is 89.6 Å². The third-order valence-corrected chi connectivity index (χ3v) is 5.22. The number of aliphatic hydroxyl groups is 1. The summed E-state index contributed by atoms with van der Waals surface area (Å²) in [5, 5.41) is 20.3. The number of pyridine rings is 1. The van der Waals surface area contributed by atoms with Crippen molar-refractivity contribution in [3.63, 3.8) is 0 Å². The molecule has 0 fully saturated rings. The molecule has 0 radical (unpaired) electrons. The topological polar surface area (TPSA) is 115 Å². The summed E-state index contributed by atoms with van der Waals surface area (Å²) in [6, 6.07) is 15.0. The van der Waals surface area contributed by atoms with Gasteiger partial charge in [-0.3, -0.25) is 14.9 Å². The van der Waals surface area contributed by atoms with E-state index in [-0.39, 0.29) is 24.9 Å². The number of aliphatic hydroxyl groups excluding tert-OH is 1. The van der Waals surface area contributed by atoms with Gasteiger partial charge in [-0.05, 0) is 41.5 Å². The number of nitrogens with zero attached hydrogens (tertiary/aromatic N) is 1. The molecule has 0 aliphatic rings. The smallest absolute Gasteiger partial charge is 0.395 e. The number of rotatable bonds is 10. The van der Waals surface area contributed by atoms with Crippen LogP contribution in [-0.4, -0.2) is 42.1 Å². The Labute approximate surface area is 211 Å². The van der Waals surface area contributed by atoms with E-state index in [0.717, 1.165) is 17.8 Å². The van der Waals surface area contributed by atoms with Crippen LogP contribution in [0.15, 0.2) is 72.9 Å². The zero-order chi connectivity index (χ0) is 26.8. The Hall–Kier alpha value is -4.22. The monoisotopic (exact) mass is 513 g/mol. The number of hydrogen-bond acceptors (Lipinski definition) is 6. The fourth-order valence-electron chi connectivity index (χ4n) is 3.36. The molecule has 1 unspecified atom stereocenters. The van der Waals surface area contributed by atoms with Crippen LogP contribution in [0.3, 0.4) is 0 Å². The maximum atomic E-state index is 12.8. The molecule has 1 heterocycles. The SMILES string of the molecule is CNc1ccccc1NC(=O)/C=C/c1ccc(C(NCCO)C(=O)Nc2ccc(C(F)(F)F)cn2)cc1. The normalized spacial score (nSPS) is 12.2. The third kappa shape index (κ3) is 7.89. The fraction of sp³-hybridized carbons (Fsp3) is 0.192. The summed E-state index contributed by atoms with van der Waals surface area (Å²) in [6.45, 7) is -0.122. The maximum absolute atomic E-state index is 12.8. The van der Waals surface area contributed by atoms with Crippen molar-refractivity contribution >= 4 is 35.1 Å². The average Bonchev–Trinajstić information content (AvgIpc) is 2.88. The van der Waals surface area contributed by atoms with Crippen molar-refractivity contribution in [2.45, 2.75) is 12.2 Å². The summed E-state index contributed by atoms with van der Waals surface area (Å²) in [5.41, 5.74) is 1.74. The Kier molecular flexibility index (Phi) is 9.36. The Morgan fingerprint density at radius 3 is 2.30 bits per heavy atom. The van der Waals surface area contributed by atoms with Crippen LogP contribution in [0.4, 0.5) is 30.4 Å². The summed E-state index contributed by atoms with van der Waals surface area (Å²) in [4.78, 5) is 28.8. The summed E-state index contributed by atoms with van der Waals surface area (Å²) in [7, 11) is 1.76. The highest BCUT2D eigenvalue weighted by Gasteiger charge is 2.31. The second-order valence-electron chi connectivity index (χ2n) is 7.81. The molecule has 0 saturated heterocycles. The van der Waals surface area contributed by atoms with Gasteiger partial charge in [0.2, 0.25) is 11.8 Å². The third-order valence-electron chi connectivity index (χ3n) is 5.22. The highest BCUT2D eigenvalue weighted by Crippen LogP contribution is 2.29. The molecule has 2 aromatic carbocycles. The predicted molar refractivity (Wildman–Crippen MR) is 136 cm³/mol. The lowest BCUT2D eigenvalue weighted by atomic mass is 10.0. The van der Waals surface area contributed by atoms with Crippen LogP contribution in [0.2, 0.25) is 0 Å². The Morgan fingerprint density at radius 2 is 1.70 bits per heavy atom. The van der Waals surface area contributed by atoms with Gasteiger partial charge in [-0.25, -0.2) is 4.98 Å². The zero-order valence-corrected chi connectivity index (χ0v) is 19.8. The maximum Gasteiger partial charge on any atom is 0.417 e. The number of para-hydroxylation sites is 2. The molecule has 1 atom stereocenters. The van der Waals surface area contributed by atoms with Gasteiger partial charge in [-0.15, -0.1) is 0 Å². The van der Waals surface area contributed by atoms with E-state index in [1.165, 1.54) is 6.08 Å². The molecule has 3 rings (SSSR count). The number of carbonyl (C=O) groups excluding carboxylic acids is 2. The molecule has 0 aliphatic carbocycles. The summed E-state index contributed by atoms with van der Waals surface area (Å²) in [5.74, 6) is -0.927. The van der Waals surface area contributed by atoms with Crippen LogP contribution in [0, 0.1) is 0 Å². The number of carbonyl (C=O) groups is 2. The number of alkyl halides is 3. The van der Waals surface area contributed by atoms with Crippen LogP contribution in [0.25, 0.3) is 6.08 Å². The highest BCUT2D eigenvalue weighted by molar-refractivity contribution is 6.03. The van der Waals surface area contributed by atoms with Gasteiger partial charge in [-0.1, -0.05) is 36.4 Å². The molecule has 0 spiro atoms. The Morgan fingerprint density at radius 1 is 1.00 bits per heavy atom. The molecular formula is C26H26F3N5O3. The second-order valence-corrected chi connectivity index (χ2v) is 7.81. The first-order valence-corrected chi connectivity index (χ1v) is 11.3. The average molecular weight is 514 g/mol. The van der Waals surface area contributed by atoms with Crippen molar-refractivity contribution in [1.29, 1.82) is 0 Å². The largest absolute Gasteiger partial charge is 0.417 e. The van der Waals surface area contributed by atoms with Crippen LogP contribution in [0.5, 0.6) is 0 Å². The molecule has 3 aromatic rings. The first kappa shape index (κ1) is 27.4. The lowest BCUT2D eigenvalue weighted by Gasteiger charge is -2.18. The minimum atomic E-state index is -4.53. The van der Waals surface area contributed by atoms with Crippen LogP contribution in [-0.2, 0) is 15.8 Å². The Balaban J connectivity index is 1.67. The predicted octanol–water partition coefficient (Wildman–Crippen LogP) is 4.06. The molecule has 0 saturated carbocycles. The highest BCUT2D eigenvalue weighted by atomic mass is 19.4. The van der Waals surface area contributed by atoms with Gasteiger partial charge in [0, 0.05) is 25.9 Å². The molecule has 5 N–H and O–H groups in total. The van der Waals surface area contributed by atoms with Crippen LogP contribution >= 0.6 is 0 Å². The molecule has 194 valence electrons. The number of amides is 2. The van der Waals surface area contributed by atoms with E-state index < -0.39 is 23.7 Å². The number of aromatic nitrogens is 1. The van der Waals surface area contributed by atoms with E-state index in [9.17, 15) is 27.9 Å². The van der Waals surface area contributed by atoms with Crippen molar-refractivity contribution in [2.75, 3.05) is 36.1 Å². The van der Waals surface area contributed by atoms with E-state index in [0.29, 0.717) is 23.0 Å². The molecule has 37 heavy (non-hydrogen) atoms. The van der Waals surface area contributed by atoms with Gasteiger partial charge in [-0.2, -0.15) is 13.2 Å². The first-order valence-electron chi connectivity index (χ1n) is 11.3. The van der Waals surface area contributed by atoms with Gasteiger partial charge in [0.05, 0.1) is 23.5 Å². The standard InChI is InChI=1S/C26H26F3N5O3/c1-30-20-4-2-3-5-21(20)33-23(36)13-8-17-6-9-18(10-7-17)24(31-14-15-35)25(37)34-22-12-11-19(16-32-22)26(27,28)29/h2-13,16,24,30-31,35H,14-15H2,1H3,(H,33,36)(H,32,34,37)/b13-8+. The molecular weight excluding hydrogens is 487 g/mol. The van der Waals surface area contributed by atoms with E-state index in [1.54, 1.807) is 43.5 Å². The quantitative estimate of drug-likeness (QED) is 0.261. The number of nitrogens with one attached hydrogen (secondary N) is 4. The minimum absolute atomic E-state index is 0.0424. The van der Waals surface area contributed by atoms with Gasteiger partial charge < -0.3 is 21.1 Å². The first-order chi connectivity index (χ1) is 17.7. The molecule has 11 heteroatoms. The second kappa shape index (κ2) is 12.7. The molecule has 0 bridgehead atoms. The van der Waals surface area contributed by atoms with E-state index in [2.05, 4.69) is 26.3 Å². The van der Waals surface area contributed by atoms with Crippen molar-refractivity contribution in [1.82, 2.24) is 10.3 Å². The number of benzene rings is 2. The van der Waals surface area contributed by atoms with Gasteiger partial charge in [0.1, 0.15) is 11.9 Å². The minimum Gasteiger partial charge on any atom is -0.395 e. The van der Waals surface area contributed by atoms with Gasteiger partial charge in [0.25, 0.3) is 0 Å². The lowest BCUT2D eigenvalue weighted by Crippen LogP contribution is -2.34. The molecule has 2 amide bonds. The molecule has 0 aliphatic heterocycles. The lowest BCUT2D eigenvalue weighted by molar-refractivity contribution is -0.137. The van der Waals surface area contributed by atoms with E-state index >= 15 is 0 Å². The van der Waals surface area contributed by atoms with Gasteiger partial charge >= 0.3 is 6.18 Å².